The Kier molecular flexibility index (Phi) is 2.78. The first-order valence-electron chi connectivity index (χ1n) is 4.65. The van der Waals surface area contributed by atoms with Gasteiger partial charge in [0.15, 0.2) is 0 Å². The Hall–Kier alpha value is -1.62. The van der Waals surface area contributed by atoms with Gasteiger partial charge in [-0.3, -0.25) is 15.0 Å². The third kappa shape index (κ3) is 1.86. The molecular formula is C10H8ClFN2O2. The van der Waals surface area contributed by atoms with Crippen LogP contribution < -0.4 is 10.2 Å². The number of imide groups is 1. The molecule has 0 spiro atoms. The Morgan fingerprint density at radius 2 is 2.12 bits per heavy atom. The second-order valence-corrected chi connectivity index (χ2v) is 3.73. The summed E-state index contributed by atoms with van der Waals surface area (Å²) >= 11 is 5.82. The summed E-state index contributed by atoms with van der Waals surface area (Å²) in [4.78, 5) is 23.5. The molecule has 0 bridgehead atoms. The van der Waals surface area contributed by atoms with Gasteiger partial charge in [0.1, 0.15) is 5.82 Å². The Labute approximate surface area is 96.0 Å². The van der Waals surface area contributed by atoms with E-state index in [1.54, 1.807) is 0 Å². The molecule has 1 N–H and O–H groups in total. The fraction of sp³-hybridized carbons (Fsp3) is 0.200. The average molecular weight is 243 g/mol. The number of anilines is 1. The number of urea groups is 1. The van der Waals surface area contributed by atoms with Gasteiger partial charge in [0.25, 0.3) is 0 Å². The molecule has 1 saturated heterocycles. The van der Waals surface area contributed by atoms with Gasteiger partial charge in [-0.15, -0.1) is 0 Å². The first-order valence-corrected chi connectivity index (χ1v) is 5.03. The van der Waals surface area contributed by atoms with E-state index in [4.69, 9.17) is 11.6 Å². The quantitative estimate of drug-likeness (QED) is 0.818. The van der Waals surface area contributed by atoms with Gasteiger partial charge in [0.05, 0.1) is 10.7 Å². The molecule has 1 fully saturated rings. The lowest BCUT2D eigenvalue weighted by Crippen LogP contribution is -2.50. The van der Waals surface area contributed by atoms with E-state index in [1.165, 1.54) is 18.2 Å². The number of amides is 3. The Bertz CT molecular complexity index is 444. The maximum atomic E-state index is 13.5. The lowest BCUT2D eigenvalue weighted by atomic mass is 10.2. The molecule has 4 nitrogen and oxygen atoms in total. The molecule has 16 heavy (non-hydrogen) atoms. The van der Waals surface area contributed by atoms with Crippen LogP contribution in [0, 0.1) is 5.82 Å². The molecule has 0 aliphatic carbocycles. The van der Waals surface area contributed by atoms with Crippen LogP contribution in [0.2, 0.25) is 5.02 Å². The van der Waals surface area contributed by atoms with Crippen molar-refractivity contribution in [3.63, 3.8) is 0 Å². The smallest absolute Gasteiger partial charge is 0.289 e. The number of nitrogens with zero attached hydrogens (tertiary/aromatic N) is 1. The van der Waals surface area contributed by atoms with Gasteiger partial charge in [-0.2, -0.15) is 0 Å². The Balaban J connectivity index is 2.37. The first kappa shape index (κ1) is 10.9. The van der Waals surface area contributed by atoms with Crippen LogP contribution in [0.3, 0.4) is 0 Å². The summed E-state index contributed by atoms with van der Waals surface area (Å²) in [5.41, 5.74) is 0.00849. The number of halogens is 2. The molecular weight excluding hydrogens is 235 g/mol. The minimum atomic E-state index is -0.650. The fourth-order valence-corrected chi connectivity index (χ4v) is 1.79. The molecule has 0 radical (unpaired) electrons. The molecule has 3 amide bonds. The molecule has 0 saturated carbocycles. The van der Waals surface area contributed by atoms with Crippen molar-refractivity contribution in [2.75, 3.05) is 11.4 Å². The lowest BCUT2D eigenvalue weighted by molar-refractivity contribution is -0.120. The molecule has 1 heterocycles. The number of carbonyl (C=O) groups excluding carboxylic acids is 2. The van der Waals surface area contributed by atoms with Crippen molar-refractivity contribution >= 4 is 29.2 Å². The van der Waals surface area contributed by atoms with E-state index in [0.29, 0.717) is 0 Å². The van der Waals surface area contributed by atoms with Crippen LogP contribution in [0.15, 0.2) is 18.2 Å². The number of carbonyl (C=O) groups is 2. The van der Waals surface area contributed by atoms with Crippen molar-refractivity contribution in [3.05, 3.63) is 29.0 Å². The fourth-order valence-electron chi connectivity index (χ4n) is 1.52. The first-order chi connectivity index (χ1) is 7.59. The zero-order valence-corrected chi connectivity index (χ0v) is 8.92. The molecule has 0 atom stereocenters. The Morgan fingerprint density at radius 3 is 2.75 bits per heavy atom. The number of hydrogen-bond donors (Lipinski definition) is 1. The standard InChI is InChI=1S/C10H8ClFN2O2/c11-6-2-1-3-7(12)9(6)14-5-4-8(15)13-10(14)16/h1-3H,4-5H2,(H,13,15,16). The van der Waals surface area contributed by atoms with Crippen molar-refractivity contribution in [1.29, 1.82) is 0 Å². The highest BCUT2D eigenvalue weighted by molar-refractivity contribution is 6.34. The molecule has 2 rings (SSSR count). The van der Waals surface area contributed by atoms with Gasteiger partial charge >= 0.3 is 6.03 Å². The minimum Gasteiger partial charge on any atom is -0.289 e. The van der Waals surface area contributed by atoms with E-state index >= 15 is 0 Å². The predicted molar refractivity (Wildman–Crippen MR) is 56.9 cm³/mol. The van der Waals surface area contributed by atoms with Crippen LogP contribution in [0.25, 0.3) is 0 Å². The van der Waals surface area contributed by atoms with Gasteiger partial charge in [-0.05, 0) is 12.1 Å². The highest BCUT2D eigenvalue weighted by atomic mass is 35.5. The van der Waals surface area contributed by atoms with Crippen LogP contribution in [0.5, 0.6) is 0 Å². The van der Waals surface area contributed by atoms with Crippen molar-refractivity contribution in [2.24, 2.45) is 0 Å². The van der Waals surface area contributed by atoms with Crippen molar-refractivity contribution in [2.45, 2.75) is 6.42 Å². The topological polar surface area (TPSA) is 49.4 Å². The largest absolute Gasteiger partial charge is 0.328 e. The Morgan fingerprint density at radius 1 is 1.38 bits per heavy atom. The molecule has 84 valence electrons. The zero-order valence-electron chi connectivity index (χ0n) is 8.17. The van der Waals surface area contributed by atoms with Crippen molar-refractivity contribution in [1.82, 2.24) is 5.32 Å². The van der Waals surface area contributed by atoms with Crippen LogP contribution in [0.1, 0.15) is 6.42 Å². The van der Waals surface area contributed by atoms with Gasteiger partial charge in [0, 0.05) is 13.0 Å². The van der Waals surface area contributed by atoms with Crippen LogP contribution in [-0.2, 0) is 4.79 Å². The van der Waals surface area contributed by atoms with Gasteiger partial charge in [0.2, 0.25) is 5.91 Å². The van der Waals surface area contributed by atoms with Crippen molar-refractivity contribution in [3.8, 4) is 0 Å². The zero-order chi connectivity index (χ0) is 11.7. The van der Waals surface area contributed by atoms with Gasteiger partial charge in [-0.1, -0.05) is 17.7 Å². The monoisotopic (exact) mass is 242 g/mol. The second-order valence-electron chi connectivity index (χ2n) is 3.33. The summed E-state index contributed by atoms with van der Waals surface area (Å²) in [6.45, 7) is 0.130. The third-order valence-electron chi connectivity index (χ3n) is 2.26. The molecule has 1 aromatic rings. The molecule has 0 aromatic heterocycles. The third-order valence-corrected chi connectivity index (χ3v) is 2.57. The molecule has 1 aromatic carbocycles. The molecule has 1 aliphatic heterocycles. The van der Waals surface area contributed by atoms with E-state index in [1.807, 2.05) is 0 Å². The number of nitrogens with one attached hydrogen (secondary N) is 1. The van der Waals surface area contributed by atoms with Gasteiger partial charge in [-0.25, -0.2) is 9.18 Å². The molecule has 6 heteroatoms. The van der Waals surface area contributed by atoms with Crippen LogP contribution in [0.4, 0.5) is 14.9 Å². The SMILES string of the molecule is O=C1CCN(c2c(F)cccc2Cl)C(=O)N1. The average Bonchev–Trinajstić information content (AvgIpc) is 2.20. The number of benzene rings is 1. The lowest BCUT2D eigenvalue weighted by Gasteiger charge is -2.27. The number of para-hydroxylation sites is 1. The van der Waals surface area contributed by atoms with E-state index in [0.717, 1.165) is 4.90 Å². The summed E-state index contributed by atoms with van der Waals surface area (Å²) < 4.78 is 13.5. The van der Waals surface area contributed by atoms with Crippen LogP contribution >= 0.6 is 11.6 Å². The number of rotatable bonds is 1. The second kappa shape index (κ2) is 4.09. The van der Waals surface area contributed by atoms with E-state index in [-0.39, 0.29) is 29.6 Å². The highest BCUT2D eigenvalue weighted by Gasteiger charge is 2.27. The van der Waals surface area contributed by atoms with E-state index in [9.17, 15) is 14.0 Å². The summed E-state index contributed by atoms with van der Waals surface area (Å²) in [5.74, 6) is -0.953. The van der Waals surface area contributed by atoms with Crippen molar-refractivity contribution < 1.29 is 14.0 Å². The molecule has 0 unspecified atom stereocenters. The van der Waals surface area contributed by atoms with E-state index in [2.05, 4.69) is 5.32 Å². The summed E-state index contributed by atoms with van der Waals surface area (Å²) in [5, 5.41) is 2.25. The minimum absolute atomic E-state index is 0.00849. The maximum Gasteiger partial charge on any atom is 0.328 e. The maximum absolute atomic E-state index is 13.5. The highest BCUT2D eigenvalue weighted by Crippen LogP contribution is 2.29. The summed E-state index contributed by atoms with van der Waals surface area (Å²) in [6.07, 6.45) is 0.135. The van der Waals surface area contributed by atoms with E-state index < -0.39 is 11.8 Å². The predicted octanol–water partition coefficient (Wildman–Crippen LogP) is 1.93. The summed E-state index contributed by atoms with van der Waals surface area (Å²) in [7, 11) is 0. The normalized spacial score (nSPS) is 16.2. The van der Waals surface area contributed by atoms with Gasteiger partial charge < -0.3 is 0 Å². The molecule has 1 aliphatic rings. The number of hydrogen-bond acceptors (Lipinski definition) is 2. The summed E-state index contributed by atoms with van der Waals surface area (Å²) in [6, 6.07) is 3.51. The van der Waals surface area contributed by atoms with Crippen LogP contribution in [-0.4, -0.2) is 18.5 Å².